The Morgan fingerprint density at radius 2 is 1.79 bits per heavy atom. The molecule has 146 valence electrons. The molecule has 1 aromatic heterocycles. The van der Waals surface area contributed by atoms with Crippen LogP contribution in [0.4, 0.5) is 10.4 Å². The fourth-order valence-corrected chi connectivity index (χ4v) is 4.24. The molecule has 0 saturated heterocycles. The van der Waals surface area contributed by atoms with E-state index in [2.05, 4.69) is 15.5 Å². The van der Waals surface area contributed by atoms with E-state index in [1.54, 1.807) is 30.3 Å². The highest BCUT2D eigenvalue weighted by Gasteiger charge is 2.20. The number of carbonyl (C=O) groups excluding carboxylic acids is 1. The molecule has 1 N–H and O–H groups in total. The molecule has 2 aromatic carbocycles. The lowest BCUT2D eigenvalue weighted by molar-refractivity contribution is -0.115. The number of benzene rings is 2. The lowest BCUT2D eigenvalue weighted by Crippen LogP contribution is -2.12. The Bertz CT molecular complexity index is 1040. The normalized spacial score (nSPS) is 11.3. The molecule has 0 aliphatic carbocycles. The summed E-state index contributed by atoms with van der Waals surface area (Å²) < 4.78 is 42.6. The lowest BCUT2D eigenvalue weighted by Gasteiger charge is -2.02. The summed E-state index contributed by atoms with van der Waals surface area (Å²) >= 11 is 1.41. The Labute approximate surface area is 165 Å². The standard InChI is InChI=1S/C18H16FN3O4S2/c19-13-6-8-14(9-7-13)27-11-10-16(23)20-18-22-21-17(26-18)12-28(24,25)15-4-2-1-3-5-15/h1-9H,10-12H2,(H,20,22,23). The highest BCUT2D eigenvalue weighted by Crippen LogP contribution is 2.20. The third-order valence-corrected chi connectivity index (χ3v) is 6.17. The monoisotopic (exact) mass is 421 g/mol. The summed E-state index contributed by atoms with van der Waals surface area (Å²) in [6.07, 6.45) is 0.169. The van der Waals surface area contributed by atoms with E-state index in [4.69, 9.17) is 4.42 Å². The predicted octanol–water partition coefficient (Wildman–Crippen LogP) is 3.30. The number of hydrogen-bond acceptors (Lipinski definition) is 7. The van der Waals surface area contributed by atoms with Crippen molar-refractivity contribution in [1.29, 1.82) is 0 Å². The van der Waals surface area contributed by atoms with Gasteiger partial charge in [0.2, 0.25) is 11.8 Å². The first-order chi connectivity index (χ1) is 13.4. The minimum absolute atomic E-state index is 0.111. The van der Waals surface area contributed by atoms with E-state index in [9.17, 15) is 17.6 Å². The second kappa shape index (κ2) is 8.98. The minimum atomic E-state index is -3.62. The maximum atomic E-state index is 12.8. The average molecular weight is 421 g/mol. The summed E-state index contributed by atoms with van der Waals surface area (Å²) in [7, 11) is -3.62. The van der Waals surface area contributed by atoms with Crippen LogP contribution in [0.3, 0.4) is 0 Å². The van der Waals surface area contributed by atoms with Crippen molar-refractivity contribution in [3.8, 4) is 0 Å². The maximum Gasteiger partial charge on any atom is 0.322 e. The Morgan fingerprint density at radius 3 is 2.50 bits per heavy atom. The molecule has 1 amide bonds. The van der Waals surface area contributed by atoms with Crippen molar-refractivity contribution in [3.05, 3.63) is 66.3 Å². The van der Waals surface area contributed by atoms with Crippen molar-refractivity contribution < 1.29 is 22.0 Å². The smallest absolute Gasteiger partial charge is 0.322 e. The molecule has 0 aliphatic heterocycles. The van der Waals surface area contributed by atoms with Crippen LogP contribution < -0.4 is 5.32 Å². The zero-order chi connectivity index (χ0) is 20.0. The van der Waals surface area contributed by atoms with E-state index in [0.29, 0.717) is 5.75 Å². The van der Waals surface area contributed by atoms with Gasteiger partial charge in [-0.15, -0.1) is 16.9 Å². The second-order valence-corrected chi connectivity index (χ2v) is 8.83. The van der Waals surface area contributed by atoms with Crippen LogP contribution in [0.1, 0.15) is 12.3 Å². The van der Waals surface area contributed by atoms with Gasteiger partial charge in [0.15, 0.2) is 9.84 Å². The van der Waals surface area contributed by atoms with Gasteiger partial charge in [0.25, 0.3) is 0 Å². The molecule has 0 unspecified atom stereocenters. The van der Waals surface area contributed by atoms with Gasteiger partial charge in [0.1, 0.15) is 11.6 Å². The first-order valence-electron chi connectivity index (χ1n) is 8.21. The van der Waals surface area contributed by atoms with Crippen LogP contribution in [0.15, 0.2) is 68.8 Å². The Morgan fingerprint density at radius 1 is 1.07 bits per heavy atom. The van der Waals surface area contributed by atoms with Crippen LogP contribution in [0, 0.1) is 5.82 Å². The molecule has 0 radical (unpaired) electrons. The zero-order valence-electron chi connectivity index (χ0n) is 14.5. The molecule has 3 rings (SSSR count). The lowest BCUT2D eigenvalue weighted by atomic mass is 10.4. The number of thioether (sulfide) groups is 1. The zero-order valence-corrected chi connectivity index (χ0v) is 16.2. The van der Waals surface area contributed by atoms with E-state index < -0.39 is 15.6 Å². The quantitative estimate of drug-likeness (QED) is 0.557. The SMILES string of the molecule is O=C(CCSc1ccc(F)cc1)Nc1nnc(CS(=O)(=O)c2ccccc2)o1. The van der Waals surface area contributed by atoms with Crippen LogP contribution in [0.2, 0.25) is 0 Å². The molecular formula is C18H16FN3O4S2. The summed E-state index contributed by atoms with van der Waals surface area (Å²) in [4.78, 5) is 12.9. The van der Waals surface area contributed by atoms with E-state index in [-0.39, 0.29) is 34.9 Å². The van der Waals surface area contributed by atoms with Gasteiger partial charge >= 0.3 is 6.01 Å². The fraction of sp³-hybridized carbons (Fsp3) is 0.167. The number of sulfone groups is 1. The molecule has 0 bridgehead atoms. The molecule has 0 fully saturated rings. The van der Waals surface area contributed by atoms with Crippen molar-refractivity contribution in [2.24, 2.45) is 0 Å². The van der Waals surface area contributed by atoms with Crippen LogP contribution in [-0.2, 0) is 20.4 Å². The molecule has 0 aliphatic rings. The van der Waals surface area contributed by atoms with Gasteiger partial charge in [-0.1, -0.05) is 23.3 Å². The van der Waals surface area contributed by atoms with Crippen LogP contribution in [0.5, 0.6) is 0 Å². The van der Waals surface area contributed by atoms with Gasteiger partial charge in [-0.2, -0.15) is 0 Å². The van der Waals surface area contributed by atoms with Crippen LogP contribution in [0.25, 0.3) is 0 Å². The van der Waals surface area contributed by atoms with Gasteiger partial charge in [0, 0.05) is 17.1 Å². The molecule has 1 heterocycles. The Hall–Kier alpha value is -2.72. The Balaban J connectivity index is 1.50. The number of anilines is 1. The van der Waals surface area contributed by atoms with Crippen LogP contribution in [-0.4, -0.2) is 30.3 Å². The molecule has 10 heteroatoms. The number of rotatable bonds is 8. The average Bonchev–Trinajstić information content (AvgIpc) is 3.10. The second-order valence-electron chi connectivity index (χ2n) is 5.67. The number of hydrogen-bond donors (Lipinski definition) is 1. The van der Waals surface area contributed by atoms with Crippen molar-refractivity contribution in [2.75, 3.05) is 11.1 Å². The number of nitrogens with one attached hydrogen (secondary N) is 1. The third kappa shape index (κ3) is 5.64. The maximum absolute atomic E-state index is 12.8. The van der Waals surface area contributed by atoms with E-state index >= 15 is 0 Å². The molecule has 28 heavy (non-hydrogen) atoms. The number of carbonyl (C=O) groups is 1. The number of halogens is 1. The first kappa shape index (κ1) is 20.0. The summed E-state index contributed by atoms with van der Waals surface area (Å²) in [6.45, 7) is 0. The molecule has 0 saturated carbocycles. The fourth-order valence-electron chi connectivity index (χ4n) is 2.21. The van der Waals surface area contributed by atoms with Gasteiger partial charge in [-0.05, 0) is 36.4 Å². The largest absolute Gasteiger partial charge is 0.407 e. The first-order valence-corrected chi connectivity index (χ1v) is 10.8. The van der Waals surface area contributed by atoms with Gasteiger partial charge < -0.3 is 4.42 Å². The highest BCUT2D eigenvalue weighted by atomic mass is 32.2. The molecule has 3 aromatic rings. The van der Waals surface area contributed by atoms with Gasteiger partial charge in [0.05, 0.1) is 4.90 Å². The summed E-state index contributed by atoms with van der Waals surface area (Å²) in [5.74, 6) is -0.764. The number of nitrogens with zero attached hydrogens (tertiary/aromatic N) is 2. The van der Waals surface area contributed by atoms with Crippen molar-refractivity contribution in [3.63, 3.8) is 0 Å². The van der Waals surface area contributed by atoms with Crippen molar-refractivity contribution in [1.82, 2.24) is 10.2 Å². The molecular weight excluding hydrogens is 405 g/mol. The number of aromatic nitrogens is 2. The summed E-state index contributed by atoms with van der Waals surface area (Å²) in [5.41, 5.74) is 0. The Kier molecular flexibility index (Phi) is 6.42. The number of amides is 1. The summed E-state index contributed by atoms with van der Waals surface area (Å²) in [5, 5.41) is 9.75. The summed E-state index contributed by atoms with van der Waals surface area (Å²) in [6, 6.07) is 13.7. The predicted molar refractivity (Wildman–Crippen MR) is 102 cm³/mol. The highest BCUT2D eigenvalue weighted by molar-refractivity contribution is 7.99. The molecule has 0 spiro atoms. The topological polar surface area (TPSA) is 102 Å². The molecule has 7 nitrogen and oxygen atoms in total. The molecule has 0 atom stereocenters. The van der Waals surface area contributed by atoms with E-state index in [1.807, 2.05) is 0 Å². The van der Waals surface area contributed by atoms with E-state index in [1.165, 1.54) is 36.0 Å². The van der Waals surface area contributed by atoms with Gasteiger partial charge in [-0.25, -0.2) is 12.8 Å². The minimum Gasteiger partial charge on any atom is -0.407 e. The van der Waals surface area contributed by atoms with Crippen LogP contribution >= 0.6 is 11.8 Å². The van der Waals surface area contributed by atoms with E-state index in [0.717, 1.165) is 4.90 Å². The van der Waals surface area contributed by atoms with Crippen molar-refractivity contribution >= 4 is 33.5 Å². The third-order valence-electron chi connectivity index (χ3n) is 3.54. The van der Waals surface area contributed by atoms with Gasteiger partial charge in [-0.3, -0.25) is 10.1 Å². The van der Waals surface area contributed by atoms with Crippen molar-refractivity contribution in [2.45, 2.75) is 22.0 Å².